The molecule has 48 heavy (non-hydrogen) atoms. The van der Waals surface area contributed by atoms with E-state index >= 15 is 0 Å². The number of thiazole rings is 1. The number of nitrogens with two attached hydrogens (primary N) is 1. The third-order valence-corrected chi connectivity index (χ3v) is 8.93. The Balaban J connectivity index is 1.26. The number of carbonyl (C=O) groups excluding carboxylic acids is 2. The first-order valence-corrected chi connectivity index (χ1v) is 16.6. The van der Waals surface area contributed by atoms with Crippen molar-refractivity contribution < 1.29 is 42.0 Å². The van der Waals surface area contributed by atoms with Crippen LogP contribution >= 0.6 is 11.3 Å². The summed E-state index contributed by atoms with van der Waals surface area (Å²) in [6, 6.07) is 3.85. The fourth-order valence-corrected chi connectivity index (χ4v) is 6.30. The van der Waals surface area contributed by atoms with E-state index in [0.29, 0.717) is 5.56 Å². The van der Waals surface area contributed by atoms with E-state index in [2.05, 4.69) is 36.2 Å². The molecule has 1 aromatic carbocycles. The number of nitrogen functional groups attached to an aromatic ring is 1. The molecule has 2 amide bonds. The number of rotatable bonds is 14. The first-order chi connectivity index (χ1) is 22.9. The van der Waals surface area contributed by atoms with E-state index in [1.807, 2.05) is 0 Å². The molecule has 0 spiro atoms. The normalized spacial score (nSPS) is 19.2. The van der Waals surface area contributed by atoms with Crippen LogP contribution in [0.1, 0.15) is 24.1 Å². The van der Waals surface area contributed by atoms with Crippen molar-refractivity contribution in [3.05, 3.63) is 53.6 Å². The smallest absolute Gasteiger partial charge is 0.362 e. The first-order valence-electron chi connectivity index (χ1n) is 14.3. The number of carboxylic acid groups (broad SMARTS) is 1. The molecule has 0 bridgehead atoms. The summed E-state index contributed by atoms with van der Waals surface area (Å²) in [6.07, 6.45) is 2.49. The number of hydrogen-bond donors (Lipinski definition) is 7. The van der Waals surface area contributed by atoms with Crippen molar-refractivity contribution >= 4 is 56.1 Å². The lowest BCUT2D eigenvalue weighted by molar-refractivity contribution is -0.152. The fourth-order valence-electron chi connectivity index (χ4n) is 4.88. The van der Waals surface area contributed by atoms with Crippen molar-refractivity contribution in [2.45, 2.75) is 43.6 Å². The largest absolute Gasteiger partial charge is 0.489 e. The van der Waals surface area contributed by atoms with Crippen LogP contribution in [0, 0.1) is 5.41 Å². The molecule has 2 aliphatic heterocycles. The number of anilines is 1. The predicted octanol–water partition coefficient (Wildman–Crippen LogP) is -1.56. The standard InChI is InChI=1S/C26H31N11O9S2/c27-22(32-15-5-7-29-8-6-15)14-1-3-16(4-2-14)45-10-19(25(40)41)46-35-20(17-11-47-26(28)33-17)23(38)34-21-18(9-36-13-30-12-31-36)37(24(21)39)48(42,43)44/h1-4,11-13,15,18-19,21,29H,5-10H2,(H2,27,32)(H2,28,33)(H,34,38)(H,40,41)(H,42,43,44)/t18-,19-,21-/m0/s1. The van der Waals surface area contributed by atoms with Gasteiger partial charge in [0.1, 0.15) is 42.6 Å². The summed E-state index contributed by atoms with van der Waals surface area (Å²) in [4.78, 5) is 50.9. The molecule has 3 atom stereocenters. The topological polar surface area (TPSA) is 289 Å². The number of amidine groups is 1. The van der Waals surface area contributed by atoms with Gasteiger partial charge in [-0.15, -0.1) is 11.3 Å². The Bertz CT molecular complexity index is 1780. The van der Waals surface area contributed by atoms with Crippen molar-refractivity contribution in [1.29, 1.82) is 5.41 Å². The summed E-state index contributed by atoms with van der Waals surface area (Å²) in [7, 11) is -4.98. The maximum Gasteiger partial charge on any atom is 0.362 e. The van der Waals surface area contributed by atoms with Crippen molar-refractivity contribution in [3.8, 4) is 5.75 Å². The quantitative estimate of drug-likeness (QED) is 0.0328. The Labute approximate surface area is 276 Å². The van der Waals surface area contributed by atoms with E-state index in [0.717, 1.165) is 37.3 Å². The number of aromatic nitrogens is 4. The average Bonchev–Trinajstić information content (AvgIpc) is 3.73. The molecule has 256 valence electrons. The summed E-state index contributed by atoms with van der Waals surface area (Å²) < 4.78 is 40.2. The van der Waals surface area contributed by atoms with Crippen molar-refractivity contribution in [1.82, 2.24) is 40.0 Å². The van der Waals surface area contributed by atoms with Crippen LogP contribution in [0.3, 0.4) is 0 Å². The number of oxime groups is 1. The van der Waals surface area contributed by atoms with E-state index in [-0.39, 0.29) is 39.3 Å². The van der Waals surface area contributed by atoms with Crippen LogP contribution in [0.4, 0.5) is 5.13 Å². The van der Waals surface area contributed by atoms with Gasteiger partial charge in [0.15, 0.2) is 10.8 Å². The Hall–Kier alpha value is -5.19. The number of β-lactam (4-membered cyclic amide) rings is 1. The van der Waals surface area contributed by atoms with Crippen molar-refractivity contribution in [2.24, 2.45) is 5.16 Å². The third-order valence-electron chi connectivity index (χ3n) is 7.30. The molecule has 22 heteroatoms. The number of aliphatic carboxylic acids is 1. The van der Waals surface area contributed by atoms with E-state index in [4.69, 9.17) is 20.7 Å². The Kier molecular flexibility index (Phi) is 10.5. The van der Waals surface area contributed by atoms with Crippen molar-refractivity contribution in [2.75, 3.05) is 25.4 Å². The fraction of sp³-hybridized carbons (Fsp3) is 0.385. The van der Waals surface area contributed by atoms with Crippen LogP contribution in [0.2, 0.25) is 0 Å². The molecule has 0 unspecified atom stereocenters. The number of hydrogen-bond acceptors (Lipinski definition) is 15. The molecule has 2 saturated heterocycles. The molecular weight excluding hydrogens is 674 g/mol. The second-order valence-corrected chi connectivity index (χ2v) is 12.7. The van der Waals surface area contributed by atoms with Crippen LogP contribution in [-0.2, 0) is 36.1 Å². The first kappa shape index (κ1) is 34.2. The van der Waals surface area contributed by atoms with Gasteiger partial charge in [-0.2, -0.15) is 13.5 Å². The van der Waals surface area contributed by atoms with Crippen molar-refractivity contribution in [3.63, 3.8) is 0 Å². The van der Waals surface area contributed by atoms with E-state index in [1.165, 1.54) is 22.7 Å². The minimum absolute atomic E-state index is 0.0347. The maximum absolute atomic E-state index is 13.4. The average molecular weight is 706 g/mol. The second kappa shape index (κ2) is 14.7. The lowest BCUT2D eigenvalue weighted by Gasteiger charge is -2.43. The SMILES string of the molecule is N=C(NC1CCNCC1)c1ccc(OC[C@H](ON=C(C(=O)N[C@@H]2C(=O)N(S(=O)(=O)O)[C@H]2Cn2cncn2)c2csc(N)n2)C(=O)O)cc1. The minimum Gasteiger partial charge on any atom is -0.489 e. The van der Waals surface area contributed by atoms with Crippen LogP contribution in [0.25, 0.3) is 0 Å². The number of amides is 2. The third kappa shape index (κ3) is 8.20. The van der Waals surface area contributed by atoms with Crippen LogP contribution < -0.4 is 26.4 Å². The summed E-state index contributed by atoms with van der Waals surface area (Å²) in [5.74, 6) is -3.18. The zero-order chi connectivity index (χ0) is 34.4. The molecule has 2 fully saturated rings. The van der Waals surface area contributed by atoms with E-state index < -0.39 is 58.6 Å². The number of ether oxygens (including phenoxy) is 1. The van der Waals surface area contributed by atoms with Gasteiger partial charge in [0, 0.05) is 17.0 Å². The van der Waals surface area contributed by atoms with Crippen LogP contribution in [0.15, 0.2) is 47.5 Å². The zero-order valence-electron chi connectivity index (χ0n) is 24.9. The van der Waals surface area contributed by atoms with Gasteiger partial charge in [0.2, 0.25) is 0 Å². The number of nitrogens with one attached hydrogen (secondary N) is 4. The van der Waals surface area contributed by atoms with Gasteiger partial charge in [0.25, 0.3) is 17.9 Å². The van der Waals surface area contributed by atoms with Crippen LogP contribution in [-0.4, -0.2) is 115 Å². The zero-order valence-corrected chi connectivity index (χ0v) is 26.6. The summed E-state index contributed by atoms with van der Waals surface area (Å²) in [6.45, 7) is 0.944. The number of benzene rings is 1. The highest BCUT2D eigenvalue weighted by Gasteiger charge is 2.54. The molecule has 8 N–H and O–H groups in total. The van der Waals surface area contributed by atoms with Gasteiger partial charge in [-0.25, -0.2) is 19.1 Å². The molecule has 5 rings (SSSR count). The number of nitrogens with zero attached hydrogens (tertiary/aromatic N) is 6. The van der Waals surface area contributed by atoms with Gasteiger partial charge >= 0.3 is 16.3 Å². The van der Waals surface area contributed by atoms with Gasteiger partial charge in [-0.3, -0.25) is 24.2 Å². The maximum atomic E-state index is 13.4. The lowest BCUT2D eigenvalue weighted by atomic mass is 9.98. The lowest BCUT2D eigenvalue weighted by Crippen LogP contribution is -2.73. The Morgan fingerprint density at radius 2 is 1.96 bits per heavy atom. The molecule has 3 aromatic rings. The molecule has 4 heterocycles. The highest BCUT2D eigenvalue weighted by atomic mass is 32.2. The van der Waals surface area contributed by atoms with E-state index in [9.17, 15) is 32.5 Å². The number of carboxylic acids is 1. The molecule has 2 aliphatic rings. The molecular formula is C26H31N11O9S2. The number of carbonyl (C=O) groups is 3. The summed E-state index contributed by atoms with van der Waals surface area (Å²) in [5.41, 5.74) is 5.63. The van der Waals surface area contributed by atoms with Crippen LogP contribution in [0.5, 0.6) is 5.75 Å². The summed E-state index contributed by atoms with van der Waals surface area (Å²) in [5, 5.41) is 35.8. The Morgan fingerprint density at radius 1 is 1.23 bits per heavy atom. The molecule has 0 aliphatic carbocycles. The number of piperidine rings is 1. The van der Waals surface area contributed by atoms with Gasteiger partial charge < -0.3 is 36.4 Å². The minimum atomic E-state index is -4.98. The Morgan fingerprint density at radius 3 is 2.56 bits per heavy atom. The second-order valence-electron chi connectivity index (χ2n) is 10.6. The molecule has 20 nitrogen and oxygen atoms in total. The molecule has 0 saturated carbocycles. The van der Waals surface area contributed by atoms with Gasteiger partial charge in [-0.05, 0) is 50.2 Å². The molecule has 2 aromatic heterocycles. The highest BCUT2D eigenvalue weighted by Crippen LogP contribution is 2.25. The predicted molar refractivity (Wildman–Crippen MR) is 168 cm³/mol. The van der Waals surface area contributed by atoms with Gasteiger partial charge in [-0.1, -0.05) is 5.16 Å². The summed E-state index contributed by atoms with van der Waals surface area (Å²) >= 11 is 0.938. The highest BCUT2D eigenvalue weighted by molar-refractivity contribution is 7.84. The monoisotopic (exact) mass is 705 g/mol. The van der Waals surface area contributed by atoms with Gasteiger partial charge in [0.05, 0.1) is 12.6 Å². The molecule has 0 radical (unpaired) electrons. The van der Waals surface area contributed by atoms with E-state index in [1.54, 1.807) is 24.3 Å².